The number of aliphatic carboxylic acids is 1. The number of nitrogens with zero attached hydrogens (tertiary/aromatic N) is 1. The highest BCUT2D eigenvalue weighted by Crippen LogP contribution is 2.54. The van der Waals surface area contributed by atoms with Gasteiger partial charge in [-0.15, -0.1) is 0 Å². The highest BCUT2D eigenvalue weighted by atomic mass is 19.1. The molecule has 1 saturated heterocycles. The largest absolute Gasteiger partial charge is 0.481 e. The first kappa shape index (κ1) is 18.2. The molecule has 6 heteroatoms. The number of carbonyl (C=O) groups excluding carboxylic acids is 1. The lowest BCUT2D eigenvalue weighted by Crippen LogP contribution is -2.45. The minimum absolute atomic E-state index is 0.0822. The van der Waals surface area contributed by atoms with Gasteiger partial charge < -0.3 is 14.7 Å². The zero-order valence-corrected chi connectivity index (χ0v) is 15.9. The number of fused-ring (bicyclic) bond motifs is 4. The fraction of sp³-hybridized carbons (Fsp3) is 0.391. The van der Waals surface area contributed by atoms with Crippen molar-refractivity contribution in [3.05, 3.63) is 59.7 Å². The zero-order valence-electron chi connectivity index (χ0n) is 15.9. The third-order valence-corrected chi connectivity index (χ3v) is 6.94. The van der Waals surface area contributed by atoms with Gasteiger partial charge in [0.05, 0.1) is 6.54 Å². The van der Waals surface area contributed by atoms with Crippen LogP contribution in [0.5, 0.6) is 0 Å². The number of ether oxygens (including phenoxy) is 1. The fourth-order valence-electron chi connectivity index (χ4n) is 5.45. The number of carbonyl (C=O) groups is 2. The van der Waals surface area contributed by atoms with Gasteiger partial charge in [-0.1, -0.05) is 48.5 Å². The summed E-state index contributed by atoms with van der Waals surface area (Å²) in [5, 5.41) is 9.64. The zero-order chi connectivity index (χ0) is 20.2. The van der Waals surface area contributed by atoms with Crippen LogP contribution in [-0.4, -0.2) is 47.4 Å². The number of carboxylic acids is 1. The highest BCUT2D eigenvalue weighted by Gasteiger charge is 2.67. The molecule has 0 aromatic heterocycles. The molecule has 150 valence electrons. The van der Waals surface area contributed by atoms with Gasteiger partial charge in [0.25, 0.3) is 0 Å². The van der Waals surface area contributed by atoms with Crippen LogP contribution in [0.1, 0.15) is 36.3 Å². The van der Waals surface area contributed by atoms with Gasteiger partial charge in [-0.3, -0.25) is 4.79 Å². The molecule has 0 spiro atoms. The van der Waals surface area contributed by atoms with E-state index in [1.807, 2.05) is 36.4 Å². The molecule has 1 aliphatic heterocycles. The summed E-state index contributed by atoms with van der Waals surface area (Å²) in [5.41, 5.74) is 1.09. The average Bonchev–Trinajstić information content (AvgIpc) is 3.31. The van der Waals surface area contributed by atoms with Crippen molar-refractivity contribution in [2.45, 2.75) is 30.8 Å². The van der Waals surface area contributed by atoms with Crippen molar-refractivity contribution in [3.8, 4) is 11.1 Å². The second kappa shape index (κ2) is 6.31. The highest BCUT2D eigenvalue weighted by molar-refractivity contribution is 5.81. The van der Waals surface area contributed by atoms with Gasteiger partial charge in [0.2, 0.25) is 0 Å². The summed E-state index contributed by atoms with van der Waals surface area (Å²) >= 11 is 0. The molecule has 2 atom stereocenters. The number of halogens is 1. The maximum absolute atomic E-state index is 15.3. The van der Waals surface area contributed by atoms with Crippen LogP contribution in [0, 0.1) is 5.41 Å². The smallest absolute Gasteiger partial charge is 0.409 e. The Morgan fingerprint density at radius 2 is 1.66 bits per heavy atom. The molecule has 1 heterocycles. The molecule has 2 fully saturated rings. The number of carboxylic acid groups (broad SMARTS) is 1. The predicted octanol–water partition coefficient (Wildman–Crippen LogP) is 4.21. The van der Waals surface area contributed by atoms with Crippen molar-refractivity contribution in [2.24, 2.45) is 5.41 Å². The molecule has 5 nitrogen and oxygen atoms in total. The second-order valence-corrected chi connectivity index (χ2v) is 8.37. The molecule has 2 aromatic carbocycles. The van der Waals surface area contributed by atoms with Gasteiger partial charge in [-0.05, 0) is 41.5 Å². The summed E-state index contributed by atoms with van der Waals surface area (Å²) in [6, 6.07) is 16.1. The molecule has 1 amide bonds. The van der Waals surface area contributed by atoms with Crippen LogP contribution in [0.3, 0.4) is 0 Å². The monoisotopic (exact) mass is 395 g/mol. The molecule has 2 aromatic rings. The molecule has 1 N–H and O–H groups in total. The molecular formula is C23H22FNO4. The van der Waals surface area contributed by atoms with E-state index >= 15 is 4.39 Å². The Kier molecular flexibility index (Phi) is 3.95. The van der Waals surface area contributed by atoms with Crippen molar-refractivity contribution in [2.75, 3.05) is 19.7 Å². The second-order valence-electron chi connectivity index (χ2n) is 8.37. The number of likely N-dealkylation sites (tertiary alicyclic amines) is 1. The van der Waals surface area contributed by atoms with E-state index in [4.69, 9.17) is 4.74 Å². The van der Waals surface area contributed by atoms with Gasteiger partial charge in [0, 0.05) is 12.5 Å². The molecule has 29 heavy (non-hydrogen) atoms. The standard InChI is InChI=1S/C23H22FNO4/c24-23-11-5-10-22(23,20(26)27)13-25(14-23)21(28)29-12-19-17-8-3-1-6-15(17)16-7-2-4-9-18(16)19/h1-4,6-9,19H,5,10-14H2,(H,26,27)/t22-,23-/m0/s1. The van der Waals surface area contributed by atoms with Gasteiger partial charge in [-0.2, -0.15) is 0 Å². The van der Waals surface area contributed by atoms with Crippen LogP contribution < -0.4 is 0 Å². The number of alkyl halides is 1. The Hall–Kier alpha value is -2.89. The number of hydrogen-bond acceptors (Lipinski definition) is 3. The first-order valence-corrected chi connectivity index (χ1v) is 9.97. The molecule has 1 saturated carbocycles. The number of amides is 1. The predicted molar refractivity (Wildman–Crippen MR) is 104 cm³/mol. The van der Waals surface area contributed by atoms with Crippen molar-refractivity contribution in [3.63, 3.8) is 0 Å². The van der Waals surface area contributed by atoms with E-state index in [9.17, 15) is 14.7 Å². The van der Waals surface area contributed by atoms with E-state index < -0.39 is 23.1 Å². The number of benzene rings is 2. The molecule has 0 bridgehead atoms. The van der Waals surface area contributed by atoms with Gasteiger partial charge >= 0.3 is 12.1 Å². The van der Waals surface area contributed by atoms with Crippen molar-refractivity contribution in [1.82, 2.24) is 4.90 Å². The maximum Gasteiger partial charge on any atom is 0.409 e. The summed E-state index contributed by atoms with van der Waals surface area (Å²) in [5.74, 6) is -1.24. The molecule has 2 aliphatic carbocycles. The normalized spacial score (nSPS) is 27.4. The third kappa shape index (κ3) is 2.51. The van der Waals surface area contributed by atoms with E-state index in [1.165, 1.54) is 4.90 Å². The van der Waals surface area contributed by atoms with Crippen molar-refractivity contribution in [1.29, 1.82) is 0 Å². The lowest BCUT2D eigenvalue weighted by atomic mass is 9.78. The number of rotatable bonds is 3. The van der Waals surface area contributed by atoms with E-state index in [0.29, 0.717) is 6.42 Å². The Balaban J connectivity index is 1.34. The van der Waals surface area contributed by atoms with Crippen LogP contribution in [0.15, 0.2) is 48.5 Å². The first-order chi connectivity index (χ1) is 14.0. The van der Waals surface area contributed by atoms with Crippen LogP contribution in [0.4, 0.5) is 9.18 Å². The Bertz CT molecular complexity index is 962. The minimum Gasteiger partial charge on any atom is -0.481 e. The van der Waals surface area contributed by atoms with Crippen LogP contribution >= 0.6 is 0 Å². The van der Waals surface area contributed by atoms with E-state index in [-0.39, 0.29) is 38.5 Å². The maximum atomic E-state index is 15.3. The lowest BCUT2D eigenvalue weighted by Gasteiger charge is -2.27. The average molecular weight is 395 g/mol. The molecular weight excluding hydrogens is 373 g/mol. The van der Waals surface area contributed by atoms with Crippen molar-refractivity contribution < 1.29 is 23.8 Å². The van der Waals surface area contributed by atoms with E-state index in [2.05, 4.69) is 12.1 Å². The van der Waals surface area contributed by atoms with Gasteiger partial charge in [-0.25, -0.2) is 9.18 Å². The summed E-state index contributed by atoms with van der Waals surface area (Å²) in [7, 11) is 0. The molecule has 0 unspecified atom stereocenters. The first-order valence-electron chi connectivity index (χ1n) is 9.97. The Morgan fingerprint density at radius 1 is 1.03 bits per heavy atom. The van der Waals surface area contributed by atoms with E-state index in [0.717, 1.165) is 22.3 Å². The summed E-state index contributed by atoms with van der Waals surface area (Å²) in [6.07, 6.45) is 0.318. The molecule has 3 aliphatic rings. The SMILES string of the molecule is O=C(OCC1c2ccccc2-c2ccccc21)N1C[C@@]2(F)CCC[C@@]2(C(=O)O)C1. The minimum atomic E-state index is -1.87. The quantitative estimate of drug-likeness (QED) is 0.845. The van der Waals surface area contributed by atoms with Crippen LogP contribution in [0.2, 0.25) is 0 Å². The summed E-state index contributed by atoms with van der Waals surface area (Å²) in [6.45, 7) is -0.200. The Labute approximate surface area is 168 Å². The Morgan fingerprint density at radius 3 is 2.24 bits per heavy atom. The number of hydrogen-bond donors (Lipinski definition) is 1. The van der Waals surface area contributed by atoms with Crippen LogP contribution in [0.25, 0.3) is 11.1 Å². The summed E-state index contributed by atoms with van der Waals surface area (Å²) in [4.78, 5) is 25.7. The van der Waals surface area contributed by atoms with Crippen molar-refractivity contribution >= 4 is 12.1 Å². The molecule has 5 rings (SSSR count). The van der Waals surface area contributed by atoms with Gasteiger partial charge in [0.1, 0.15) is 17.7 Å². The topological polar surface area (TPSA) is 66.8 Å². The fourth-order valence-corrected chi connectivity index (χ4v) is 5.45. The van der Waals surface area contributed by atoms with Crippen LogP contribution in [-0.2, 0) is 9.53 Å². The van der Waals surface area contributed by atoms with Gasteiger partial charge in [0.15, 0.2) is 0 Å². The lowest BCUT2D eigenvalue weighted by molar-refractivity contribution is -0.153. The van der Waals surface area contributed by atoms with E-state index in [1.54, 1.807) is 0 Å². The third-order valence-electron chi connectivity index (χ3n) is 6.94. The molecule has 0 radical (unpaired) electrons. The summed E-state index contributed by atoms with van der Waals surface area (Å²) < 4.78 is 20.9.